The molecule has 0 atom stereocenters. The SMILES string of the molecule is Cn1c(-c2cccnc2)cc2cnc(Nc3ccccc3)cc21. The average Bonchev–Trinajstić information content (AvgIpc) is 2.93. The minimum Gasteiger partial charge on any atom is -0.343 e. The lowest BCUT2D eigenvalue weighted by molar-refractivity contribution is 0.976. The summed E-state index contributed by atoms with van der Waals surface area (Å²) in [5, 5.41) is 4.45. The second-order valence-corrected chi connectivity index (χ2v) is 5.45. The number of fused-ring (bicyclic) bond motifs is 1. The smallest absolute Gasteiger partial charge is 0.132 e. The molecule has 0 unspecified atom stereocenters. The van der Waals surface area contributed by atoms with Gasteiger partial charge >= 0.3 is 0 Å². The maximum absolute atomic E-state index is 4.51. The molecule has 0 saturated carbocycles. The predicted molar refractivity (Wildman–Crippen MR) is 93.7 cm³/mol. The van der Waals surface area contributed by atoms with E-state index in [0.717, 1.165) is 33.7 Å². The topological polar surface area (TPSA) is 42.7 Å². The largest absolute Gasteiger partial charge is 0.343 e. The van der Waals surface area contributed by atoms with Gasteiger partial charge in [-0.3, -0.25) is 4.98 Å². The van der Waals surface area contributed by atoms with Crippen LogP contribution in [-0.2, 0) is 7.05 Å². The first kappa shape index (κ1) is 13.5. The Bertz CT molecular complexity index is 943. The van der Waals surface area contributed by atoms with Gasteiger partial charge in [0.2, 0.25) is 0 Å². The van der Waals surface area contributed by atoms with Crippen molar-refractivity contribution in [3.05, 3.63) is 73.2 Å². The molecule has 0 aliphatic carbocycles. The molecule has 4 heteroatoms. The molecule has 3 heterocycles. The Labute approximate surface area is 134 Å². The first-order valence-corrected chi connectivity index (χ1v) is 7.49. The number of benzene rings is 1. The molecule has 0 saturated heterocycles. The zero-order chi connectivity index (χ0) is 15.6. The Morgan fingerprint density at radius 3 is 2.61 bits per heavy atom. The number of aromatic nitrogens is 3. The van der Waals surface area contributed by atoms with Gasteiger partial charge in [-0.05, 0) is 30.3 Å². The second-order valence-electron chi connectivity index (χ2n) is 5.45. The van der Waals surface area contributed by atoms with Crippen molar-refractivity contribution in [3.8, 4) is 11.3 Å². The number of hydrogen-bond donors (Lipinski definition) is 1. The van der Waals surface area contributed by atoms with E-state index in [1.807, 2.05) is 48.8 Å². The number of para-hydroxylation sites is 1. The molecule has 23 heavy (non-hydrogen) atoms. The van der Waals surface area contributed by atoms with Crippen LogP contribution in [0.3, 0.4) is 0 Å². The zero-order valence-corrected chi connectivity index (χ0v) is 12.8. The molecular formula is C19H16N4. The highest BCUT2D eigenvalue weighted by Crippen LogP contribution is 2.28. The zero-order valence-electron chi connectivity index (χ0n) is 12.8. The fourth-order valence-corrected chi connectivity index (χ4v) is 2.76. The number of rotatable bonds is 3. The Hall–Kier alpha value is -3.14. The van der Waals surface area contributed by atoms with Crippen LogP contribution in [0, 0.1) is 0 Å². The summed E-state index contributed by atoms with van der Waals surface area (Å²) in [6.45, 7) is 0. The third-order valence-electron chi connectivity index (χ3n) is 3.93. The molecule has 1 N–H and O–H groups in total. The molecule has 0 radical (unpaired) electrons. The monoisotopic (exact) mass is 300 g/mol. The Morgan fingerprint density at radius 1 is 0.957 bits per heavy atom. The van der Waals surface area contributed by atoms with Crippen LogP contribution in [-0.4, -0.2) is 14.5 Å². The van der Waals surface area contributed by atoms with Crippen molar-refractivity contribution in [2.24, 2.45) is 7.05 Å². The van der Waals surface area contributed by atoms with Crippen LogP contribution in [0.15, 0.2) is 73.2 Å². The molecule has 4 nitrogen and oxygen atoms in total. The molecule has 0 aliphatic rings. The van der Waals surface area contributed by atoms with E-state index in [-0.39, 0.29) is 0 Å². The number of anilines is 2. The van der Waals surface area contributed by atoms with E-state index in [0.29, 0.717) is 0 Å². The maximum atomic E-state index is 4.51. The summed E-state index contributed by atoms with van der Waals surface area (Å²) < 4.78 is 2.17. The second kappa shape index (κ2) is 5.57. The van der Waals surface area contributed by atoms with Gasteiger partial charge < -0.3 is 9.88 Å². The predicted octanol–water partition coefficient (Wildman–Crippen LogP) is 4.38. The van der Waals surface area contributed by atoms with Crippen molar-refractivity contribution in [2.75, 3.05) is 5.32 Å². The van der Waals surface area contributed by atoms with Crippen molar-refractivity contribution < 1.29 is 0 Å². The van der Waals surface area contributed by atoms with Crippen LogP contribution >= 0.6 is 0 Å². The molecule has 112 valence electrons. The molecule has 3 aromatic heterocycles. The molecular weight excluding hydrogens is 284 g/mol. The summed E-state index contributed by atoms with van der Waals surface area (Å²) in [6.07, 6.45) is 5.57. The first-order chi connectivity index (χ1) is 11.3. The van der Waals surface area contributed by atoms with E-state index < -0.39 is 0 Å². The third kappa shape index (κ3) is 2.55. The fraction of sp³-hybridized carbons (Fsp3) is 0.0526. The van der Waals surface area contributed by atoms with Gasteiger partial charge in [-0.1, -0.05) is 18.2 Å². The lowest BCUT2D eigenvalue weighted by Crippen LogP contribution is -1.95. The van der Waals surface area contributed by atoms with E-state index in [2.05, 4.69) is 45.1 Å². The summed E-state index contributed by atoms with van der Waals surface area (Å²) in [7, 11) is 2.07. The van der Waals surface area contributed by atoms with Crippen LogP contribution in [0.4, 0.5) is 11.5 Å². The highest BCUT2D eigenvalue weighted by molar-refractivity contribution is 5.88. The molecule has 0 bridgehead atoms. The van der Waals surface area contributed by atoms with E-state index in [1.54, 1.807) is 6.20 Å². The number of nitrogens with zero attached hydrogens (tertiary/aromatic N) is 3. The number of hydrogen-bond acceptors (Lipinski definition) is 3. The standard InChI is InChI=1S/C19H16N4/c1-23-17(14-6-5-9-20-12-14)10-15-13-21-19(11-18(15)23)22-16-7-3-2-4-8-16/h2-13H,1H3,(H,21,22). The average molecular weight is 300 g/mol. The third-order valence-corrected chi connectivity index (χ3v) is 3.93. The van der Waals surface area contributed by atoms with Crippen molar-refractivity contribution in [1.29, 1.82) is 0 Å². The number of aryl methyl sites for hydroxylation is 1. The van der Waals surface area contributed by atoms with E-state index in [4.69, 9.17) is 0 Å². The molecule has 1 aromatic carbocycles. The van der Waals surface area contributed by atoms with E-state index >= 15 is 0 Å². The highest BCUT2D eigenvalue weighted by atomic mass is 15.0. The summed E-state index contributed by atoms with van der Waals surface area (Å²) in [4.78, 5) is 8.71. The molecule has 0 aliphatic heterocycles. The fourth-order valence-electron chi connectivity index (χ4n) is 2.76. The maximum Gasteiger partial charge on any atom is 0.132 e. The Balaban J connectivity index is 1.76. The number of pyridine rings is 2. The summed E-state index contributed by atoms with van der Waals surface area (Å²) >= 11 is 0. The van der Waals surface area contributed by atoms with Gasteiger partial charge in [0.25, 0.3) is 0 Å². The van der Waals surface area contributed by atoms with Gasteiger partial charge in [-0.2, -0.15) is 0 Å². The Morgan fingerprint density at radius 2 is 1.83 bits per heavy atom. The minimum absolute atomic E-state index is 0.836. The minimum atomic E-state index is 0.836. The van der Waals surface area contributed by atoms with Crippen LogP contribution in [0.2, 0.25) is 0 Å². The van der Waals surface area contributed by atoms with Gasteiger partial charge in [-0.25, -0.2) is 4.98 Å². The van der Waals surface area contributed by atoms with Crippen LogP contribution in [0.1, 0.15) is 0 Å². The summed E-state index contributed by atoms with van der Waals surface area (Å²) in [6, 6.07) is 18.3. The Kier molecular flexibility index (Phi) is 3.27. The first-order valence-electron chi connectivity index (χ1n) is 7.49. The van der Waals surface area contributed by atoms with Gasteiger partial charge in [0.15, 0.2) is 0 Å². The molecule has 0 amide bonds. The van der Waals surface area contributed by atoms with Gasteiger partial charge in [0.1, 0.15) is 5.82 Å². The lowest BCUT2D eigenvalue weighted by Gasteiger charge is -2.07. The summed E-state index contributed by atoms with van der Waals surface area (Å²) in [5.74, 6) is 0.836. The van der Waals surface area contributed by atoms with E-state index in [1.165, 1.54) is 0 Å². The molecule has 4 aromatic rings. The van der Waals surface area contributed by atoms with Crippen molar-refractivity contribution >= 4 is 22.4 Å². The van der Waals surface area contributed by atoms with Gasteiger partial charge in [0.05, 0.1) is 11.2 Å². The van der Waals surface area contributed by atoms with Crippen molar-refractivity contribution in [1.82, 2.24) is 14.5 Å². The highest BCUT2D eigenvalue weighted by Gasteiger charge is 2.09. The number of nitrogens with one attached hydrogen (secondary N) is 1. The van der Waals surface area contributed by atoms with Gasteiger partial charge in [-0.15, -0.1) is 0 Å². The van der Waals surface area contributed by atoms with E-state index in [9.17, 15) is 0 Å². The van der Waals surface area contributed by atoms with Gasteiger partial charge in [0, 0.05) is 48.3 Å². The van der Waals surface area contributed by atoms with Crippen molar-refractivity contribution in [3.63, 3.8) is 0 Å². The van der Waals surface area contributed by atoms with Crippen LogP contribution in [0.25, 0.3) is 22.2 Å². The quantitative estimate of drug-likeness (QED) is 0.610. The molecule has 0 fully saturated rings. The summed E-state index contributed by atoms with van der Waals surface area (Å²) in [5.41, 5.74) is 4.40. The van der Waals surface area contributed by atoms with Crippen LogP contribution in [0.5, 0.6) is 0 Å². The molecule has 4 rings (SSSR count). The lowest BCUT2D eigenvalue weighted by atomic mass is 10.2. The molecule has 0 spiro atoms. The van der Waals surface area contributed by atoms with Crippen molar-refractivity contribution in [2.45, 2.75) is 0 Å². The van der Waals surface area contributed by atoms with Crippen LogP contribution < -0.4 is 5.32 Å². The normalized spacial score (nSPS) is 10.8.